The van der Waals surface area contributed by atoms with Gasteiger partial charge in [0.05, 0.1) is 13.1 Å². The summed E-state index contributed by atoms with van der Waals surface area (Å²) in [6.45, 7) is -0.518. The van der Waals surface area contributed by atoms with Crippen molar-refractivity contribution in [2.24, 2.45) is 0 Å². The van der Waals surface area contributed by atoms with Gasteiger partial charge in [-0.1, -0.05) is 48.5 Å². The van der Waals surface area contributed by atoms with E-state index in [4.69, 9.17) is 14.6 Å². The van der Waals surface area contributed by atoms with Crippen LogP contribution < -0.4 is 10.6 Å². The fraction of sp³-hybridized carbons (Fsp3) is 0.318. The van der Waals surface area contributed by atoms with Gasteiger partial charge in [0, 0.05) is 13.0 Å². The van der Waals surface area contributed by atoms with Crippen molar-refractivity contribution >= 4 is 18.0 Å². The van der Waals surface area contributed by atoms with Crippen LogP contribution >= 0.6 is 0 Å². The van der Waals surface area contributed by atoms with E-state index in [2.05, 4.69) is 10.6 Å². The molecule has 0 saturated carbocycles. The Hall–Kier alpha value is -3.43. The minimum Gasteiger partial charge on any atom is -0.479 e. The molecular weight excluding hydrogens is 404 g/mol. The Morgan fingerprint density at radius 3 is 2.10 bits per heavy atom. The van der Waals surface area contributed by atoms with Crippen LogP contribution in [0.15, 0.2) is 48.5 Å². The van der Waals surface area contributed by atoms with Gasteiger partial charge < -0.3 is 30.3 Å². The average molecular weight is 428 g/mol. The van der Waals surface area contributed by atoms with Gasteiger partial charge in [0.15, 0.2) is 12.2 Å². The van der Waals surface area contributed by atoms with Gasteiger partial charge >= 0.3 is 12.1 Å². The van der Waals surface area contributed by atoms with Crippen LogP contribution in [0.5, 0.6) is 0 Å². The second kappa shape index (κ2) is 10.1. The molecule has 2 amide bonds. The second-order valence-corrected chi connectivity index (χ2v) is 7.03. The molecule has 164 valence electrons. The maximum absolute atomic E-state index is 12.2. The first kappa shape index (κ1) is 22.3. The van der Waals surface area contributed by atoms with Crippen LogP contribution in [0.25, 0.3) is 11.1 Å². The summed E-state index contributed by atoms with van der Waals surface area (Å²) in [5.74, 6) is -2.20. The summed E-state index contributed by atoms with van der Waals surface area (Å²) in [6.07, 6.45) is -3.50. The topological polar surface area (TPSA) is 134 Å². The van der Waals surface area contributed by atoms with Gasteiger partial charge in [0.1, 0.15) is 6.61 Å². The molecule has 0 spiro atoms. The fourth-order valence-corrected chi connectivity index (χ4v) is 3.51. The molecule has 2 atom stereocenters. The summed E-state index contributed by atoms with van der Waals surface area (Å²) in [6, 6.07) is 15.9. The van der Waals surface area contributed by atoms with Crippen LogP contribution in [0.1, 0.15) is 17.0 Å². The maximum atomic E-state index is 12.2. The molecule has 1 unspecified atom stereocenters. The van der Waals surface area contributed by atoms with Gasteiger partial charge in [-0.3, -0.25) is 4.79 Å². The lowest BCUT2D eigenvalue weighted by Gasteiger charge is -2.18. The van der Waals surface area contributed by atoms with Crippen LogP contribution in [0.4, 0.5) is 4.79 Å². The van der Waals surface area contributed by atoms with Crippen molar-refractivity contribution in [3.8, 4) is 11.1 Å². The molecule has 2 aromatic rings. The number of ether oxygens (including phenoxy) is 2. The standard InChI is InChI=1S/C22H24N2O7/c1-30-19(20(26)23-10-18(25)21(27)28)11-24-22(29)31-12-17-15-8-4-2-6-13(15)14-7-3-5-9-16(14)17/h2-9,17-19,25H,10-12H2,1H3,(H,23,26)(H,24,29)(H,27,28)/t18-,19?/m0/s1. The monoisotopic (exact) mass is 428 g/mol. The Morgan fingerprint density at radius 2 is 1.55 bits per heavy atom. The number of fused-ring (bicyclic) bond motifs is 3. The molecule has 0 saturated heterocycles. The quantitative estimate of drug-likeness (QED) is 0.470. The Bertz CT molecular complexity index is 917. The van der Waals surface area contributed by atoms with Crippen LogP contribution in [0, 0.1) is 0 Å². The van der Waals surface area contributed by atoms with Crippen molar-refractivity contribution in [2.45, 2.75) is 18.1 Å². The molecule has 0 aliphatic heterocycles. The zero-order valence-electron chi connectivity index (χ0n) is 16.9. The number of amides is 2. The van der Waals surface area contributed by atoms with Crippen molar-refractivity contribution in [1.82, 2.24) is 10.6 Å². The minimum atomic E-state index is -1.73. The van der Waals surface area contributed by atoms with E-state index in [0.29, 0.717) is 0 Å². The van der Waals surface area contributed by atoms with Crippen molar-refractivity contribution in [1.29, 1.82) is 0 Å². The van der Waals surface area contributed by atoms with E-state index in [-0.39, 0.29) is 19.1 Å². The van der Waals surface area contributed by atoms with Crippen LogP contribution in [-0.2, 0) is 19.1 Å². The number of carboxylic acid groups (broad SMARTS) is 1. The van der Waals surface area contributed by atoms with Crippen molar-refractivity contribution in [2.75, 3.05) is 26.8 Å². The number of hydrogen-bond donors (Lipinski definition) is 4. The first-order chi connectivity index (χ1) is 14.9. The number of aliphatic carboxylic acids is 1. The molecular formula is C22H24N2O7. The van der Waals surface area contributed by atoms with E-state index < -0.39 is 36.7 Å². The van der Waals surface area contributed by atoms with Gasteiger partial charge in [0.2, 0.25) is 0 Å². The molecule has 0 bridgehead atoms. The van der Waals surface area contributed by atoms with E-state index >= 15 is 0 Å². The van der Waals surface area contributed by atoms with E-state index in [9.17, 15) is 19.5 Å². The number of carboxylic acids is 1. The lowest BCUT2D eigenvalue weighted by molar-refractivity contribution is -0.146. The van der Waals surface area contributed by atoms with E-state index in [1.165, 1.54) is 7.11 Å². The van der Waals surface area contributed by atoms with Crippen LogP contribution in [0.2, 0.25) is 0 Å². The van der Waals surface area contributed by atoms with Gasteiger partial charge in [-0.25, -0.2) is 9.59 Å². The normalized spacial score (nSPS) is 14.1. The smallest absolute Gasteiger partial charge is 0.407 e. The molecule has 1 aliphatic carbocycles. The molecule has 31 heavy (non-hydrogen) atoms. The molecule has 0 aromatic heterocycles. The largest absolute Gasteiger partial charge is 0.479 e. The van der Waals surface area contributed by atoms with Gasteiger partial charge in [-0.05, 0) is 22.3 Å². The lowest BCUT2D eigenvalue weighted by atomic mass is 9.98. The summed E-state index contributed by atoms with van der Waals surface area (Å²) in [5, 5.41) is 22.6. The Kier molecular flexibility index (Phi) is 7.22. The van der Waals surface area contributed by atoms with Crippen molar-refractivity contribution in [3.63, 3.8) is 0 Å². The fourth-order valence-electron chi connectivity index (χ4n) is 3.51. The molecule has 3 rings (SSSR count). The number of carbonyl (C=O) groups is 3. The third-order valence-electron chi connectivity index (χ3n) is 5.11. The molecule has 0 radical (unpaired) electrons. The lowest BCUT2D eigenvalue weighted by Crippen LogP contribution is -2.46. The average Bonchev–Trinajstić information content (AvgIpc) is 3.10. The second-order valence-electron chi connectivity index (χ2n) is 7.03. The molecule has 9 nitrogen and oxygen atoms in total. The van der Waals surface area contributed by atoms with Gasteiger partial charge in [-0.2, -0.15) is 0 Å². The number of aliphatic hydroxyl groups is 1. The number of nitrogens with one attached hydrogen (secondary N) is 2. The molecule has 1 aliphatic rings. The number of aliphatic hydroxyl groups excluding tert-OH is 1. The summed E-state index contributed by atoms with van der Waals surface area (Å²) >= 11 is 0. The number of benzene rings is 2. The predicted molar refractivity (Wildman–Crippen MR) is 111 cm³/mol. The molecule has 9 heteroatoms. The number of methoxy groups -OCH3 is 1. The Balaban J connectivity index is 1.52. The van der Waals surface area contributed by atoms with Crippen LogP contribution in [-0.4, -0.2) is 67.2 Å². The summed E-state index contributed by atoms with van der Waals surface area (Å²) in [7, 11) is 1.28. The first-order valence-corrected chi connectivity index (χ1v) is 9.72. The summed E-state index contributed by atoms with van der Waals surface area (Å²) in [5.41, 5.74) is 4.41. The van der Waals surface area contributed by atoms with Gasteiger partial charge in [-0.15, -0.1) is 0 Å². The number of carbonyl (C=O) groups excluding carboxylic acids is 2. The summed E-state index contributed by atoms with van der Waals surface area (Å²) in [4.78, 5) is 34.8. The highest BCUT2D eigenvalue weighted by molar-refractivity contribution is 5.83. The zero-order valence-corrected chi connectivity index (χ0v) is 16.9. The third-order valence-corrected chi connectivity index (χ3v) is 5.11. The zero-order chi connectivity index (χ0) is 22.4. The highest BCUT2D eigenvalue weighted by atomic mass is 16.5. The maximum Gasteiger partial charge on any atom is 0.407 e. The summed E-state index contributed by atoms with van der Waals surface area (Å²) < 4.78 is 10.4. The molecule has 0 heterocycles. The van der Waals surface area contributed by atoms with E-state index in [0.717, 1.165) is 22.3 Å². The van der Waals surface area contributed by atoms with Crippen LogP contribution in [0.3, 0.4) is 0 Å². The van der Waals surface area contributed by atoms with Crippen molar-refractivity contribution < 1.29 is 34.1 Å². The molecule has 2 aromatic carbocycles. The number of alkyl carbamates (subject to hydrolysis) is 1. The number of rotatable bonds is 9. The van der Waals surface area contributed by atoms with Crippen molar-refractivity contribution in [3.05, 3.63) is 59.7 Å². The highest BCUT2D eigenvalue weighted by Crippen LogP contribution is 2.44. The predicted octanol–water partition coefficient (Wildman–Crippen LogP) is 1.10. The van der Waals surface area contributed by atoms with Gasteiger partial charge in [0.25, 0.3) is 5.91 Å². The highest BCUT2D eigenvalue weighted by Gasteiger charge is 2.29. The SMILES string of the molecule is COC(CNC(=O)OCC1c2ccccc2-c2ccccc21)C(=O)NC[C@H](O)C(=O)O. The minimum absolute atomic E-state index is 0.0859. The Morgan fingerprint density at radius 1 is 0.968 bits per heavy atom. The number of hydrogen-bond acceptors (Lipinski definition) is 6. The first-order valence-electron chi connectivity index (χ1n) is 9.72. The van der Waals surface area contributed by atoms with E-state index in [1.54, 1.807) is 0 Å². The molecule has 0 fully saturated rings. The molecule has 4 N–H and O–H groups in total. The third kappa shape index (κ3) is 5.19. The van der Waals surface area contributed by atoms with E-state index in [1.807, 2.05) is 48.5 Å². The Labute approximate surface area is 179 Å².